The zero-order valence-electron chi connectivity index (χ0n) is 14.3. The third-order valence-corrected chi connectivity index (χ3v) is 3.26. The summed E-state index contributed by atoms with van der Waals surface area (Å²) in [6, 6.07) is 16.8. The molecule has 0 saturated heterocycles. The fourth-order valence-corrected chi connectivity index (χ4v) is 2.26. The smallest absolute Gasteiger partial charge is 0.0109 e. The lowest BCUT2D eigenvalue weighted by molar-refractivity contribution is 0.828. The van der Waals surface area contributed by atoms with E-state index in [0.717, 1.165) is 11.6 Å². The Hall–Kier alpha value is -2.08. The van der Waals surface area contributed by atoms with E-state index in [-0.39, 0.29) is 0 Å². The minimum Gasteiger partial charge on any atom is -0.0911 e. The maximum atomic E-state index is 4.17. The first kappa shape index (κ1) is 18.0. The largest absolute Gasteiger partial charge is 0.0911 e. The normalized spacial score (nSPS) is 11.6. The lowest BCUT2D eigenvalue weighted by Gasteiger charge is -2.03. The molecular formula is C22H28. The molecule has 0 nitrogen and oxygen atoms in total. The molecule has 0 N–H and O–H groups in total. The van der Waals surface area contributed by atoms with Crippen molar-refractivity contribution in [3.05, 3.63) is 71.1 Å². The molecule has 0 aliphatic rings. The Bertz CT molecular complexity index is 676. The van der Waals surface area contributed by atoms with E-state index in [1.807, 2.05) is 19.9 Å². The molecule has 0 saturated carbocycles. The molecule has 0 aliphatic heterocycles. The maximum Gasteiger partial charge on any atom is -0.0109 e. The summed E-state index contributed by atoms with van der Waals surface area (Å²) < 4.78 is 0. The van der Waals surface area contributed by atoms with Crippen molar-refractivity contribution in [3.8, 4) is 11.1 Å². The highest BCUT2D eigenvalue weighted by Crippen LogP contribution is 2.13. The van der Waals surface area contributed by atoms with E-state index in [1.54, 1.807) is 0 Å². The van der Waals surface area contributed by atoms with Crippen LogP contribution in [0.2, 0.25) is 0 Å². The lowest BCUT2D eigenvalue weighted by Crippen LogP contribution is -2.24. The number of benzene rings is 2. The molecule has 0 amide bonds. The Kier molecular flexibility index (Phi) is 7.99. The highest BCUT2D eigenvalue weighted by atomic mass is 14.0. The Labute approximate surface area is 135 Å². The van der Waals surface area contributed by atoms with E-state index < -0.39 is 0 Å². The van der Waals surface area contributed by atoms with Crippen molar-refractivity contribution >= 4 is 12.7 Å². The predicted molar refractivity (Wildman–Crippen MR) is 101 cm³/mol. The monoisotopic (exact) mass is 292 g/mol. The molecule has 2 aromatic carbocycles. The summed E-state index contributed by atoms with van der Waals surface area (Å²) in [5, 5.41) is 2.33. The molecule has 22 heavy (non-hydrogen) atoms. The van der Waals surface area contributed by atoms with E-state index in [9.17, 15) is 0 Å². The van der Waals surface area contributed by atoms with Gasteiger partial charge in [0.1, 0.15) is 0 Å². The fourth-order valence-electron chi connectivity index (χ4n) is 2.26. The topological polar surface area (TPSA) is 0 Å². The highest BCUT2D eigenvalue weighted by molar-refractivity contribution is 5.65. The van der Waals surface area contributed by atoms with Gasteiger partial charge in [-0.1, -0.05) is 101 Å². The maximum absolute atomic E-state index is 4.17. The summed E-state index contributed by atoms with van der Waals surface area (Å²) in [5.74, 6) is 0.604. The molecule has 0 heteroatoms. The van der Waals surface area contributed by atoms with Crippen molar-refractivity contribution in [1.29, 1.82) is 0 Å². The second-order valence-corrected chi connectivity index (χ2v) is 5.36. The summed E-state index contributed by atoms with van der Waals surface area (Å²) in [6.07, 6.45) is 7.68. The molecule has 0 aromatic heterocycles. The van der Waals surface area contributed by atoms with Crippen molar-refractivity contribution in [2.24, 2.45) is 5.92 Å². The molecule has 0 aliphatic carbocycles. The van der Waals surface area contributed by atoms with Crippen LogP contribution in [0.5, 0.6) is 0 Å². The second-order valence-electron chi connectivity index (χ2n) is 5.36. The molecule has 0 spiro atoms. The van der Waals surface area contributed by atoms with Gasteiger partial charge in [0.05, 0.1) is 0 Å². The van der Waals surface area contributed by atoms with Gasteiger partial charge in [0, 0.05) is 0 Å². The van der Waals surface area contributed by atoms with Crippen LogP contribution in [0.25, 0.3) is 23.8 Å². The molecule has 116 valence electrons. The van der Waals surface area contributed by atoms with Crippen LogP contribution in [0.3, 0.4) is 0 Å². The Morgan fingerprint density at radius 2 is 1.64 bits per heavy atom. The molecule has 0 radical (unpaired) electrons. The lowest BCUT2D eigenvalue weighted by atomic mass is 10.0. The molecule has 0 heterocycles. The van der Waals surface area contributed by atoms with Crippen molar-refractivity contribution in [3.63, 3.8) is 0 Å². The van der Waals surface area contributed by atoms with E-state index in [2.05, 4.69) is 81.1 Å². The zero-order chi connectivity index (χ0) is 16.4. The molecule has 0 atom stereocenters. The summed E-state index contributed by atoms with van der Waals surface area (Å²) in [5.41, 5.74) is 2.51. The molecule has 2 aromatic rings. The van der Waals surface area contributed by atoms with E-state index in [1.165, 1.54) is 16.3 Å². The number of hydrogen-bond acceptors (Lipinski definition) is 0. The van der Waals surface area contributed by atoms with Gasteiger partial charge in [-0.3, -0.25) is 0 Å². The summed E-state index contributed by atoms with van der Waals surface area (Å²) in [6.45, 7) is 12.6. The minimum atomic E-state index is 0.604. The first-order chi connectivity index (χ1) is 10.7. The number of rotatable bonds is 4. The van der Waals surface area contributed by atoms with Gasteiger partial charge < -0.3 is 0 Å². The van der Waals surface area contributed by atoms with Crippen LogP contribution >= 0.6 is 0 Å². The molecule has 0 unspecified atom stereocenters. The van der Waals surface area contributed by atoms with Gasteiger partial charge in [0.15, 0.2) is 0 Å². The predicted octanol–water partition coefficient (Wildman–Crippen LogP) is 5.17. The van der Waals surface area contributed by atoms with Gasteiger partial charge in [0.2, 0.25) is 0 Å². The molecule has 0 fully saturated rings. The first-order valence-corrected chi connectivity index (χ1v) is 8.18. The first-order valence-electron chi connectivity index (χ1n) is 8.18. The van der Waals surface area contributed by atoms with Gasteiger partial charge in [-0.15, -0.1) is 0 Å². The van der Waals surface area contributed by atoms with Crippen molar-refractivity contribution in [2.45, 2.75) is 34.1 Å². The highest BCUT2D eigenvalue weighted by Gasteiger charge is 1.98. The fraction of sp³-hybridized carbons (Fsp3) is 0.273. The minimum absolute atomic E-state index is 0.604. The third kappa shape index (κ3) is 5.37. The summed E-state index contributed by atoms with van der Waals surface area (Å²) in [4.78, 5) is 0. The van der Waals surface area contributed by atoms with Crippen LogP contribution < -0.4 is 10.4 Å². The van der Waals surface area contributed by atoms with Crippen LogP contribution in [-0.4, -0.2) is 0 Å². The third-order valence-electron chi connectivity index (χ3n) is 3.26. The molecule has 2 rings (SSSR count). The van der Waals surface area contributed by atoms with E-state index >= 15 is 0 Å². The van der Waals surface area contributed by atoms with Crippen molar-refractivity contribution < 1.29 is 0 Å². The van der Waals surface area contributed by atoms with Gasteiger partial charge in [-0.05, 0) is 33.9 Å². The van der Waals surface area contributed by atoms with Crippen LogP contribution in [0.4, 0.5) is 0 Å². The van der Waals surface area contributed by atoms with Gasteiger partial charge in [-0.2, -0.15) is 0 Å². The summed E-state index contributed by atoms with van der Waals surface area (Å²) in [7, 11) is 0. The van der Waals surface area contributed by atoms with Crippen LogP contribution in [-0.2, 0) is 0 Å². The second kappa shape index (κ2) is 9.78. The summed E-state index contributed by atoms with van der Waals surface area (Å²) >= 11 is 0. The average molecular weight is 292 g/mol. The van der Waals surface area contributed by atoms with Crippen LogP contribution in [0.15, 0.2) is 60.7 Å². The number of hydrogen-bond donors (Lipinski definition) is 0. The number of allylic oxidation sites excluding steroid dienone is 2. The Morgan fingerprint density at radius 3 is 2.27 bits per heavy atom. The van der Waals surface area contributed by atoms with Crippen LogP contribution in [0.1, 0.15) is 34.1 Å². The quantitative estimate of drug-likeness (QED) is 0.682. The average Bonchev–Trinajstić information content (AvgIpc) is 2.55. The van der Waals surface area contributed by atoms with Crippen LogP contribution in [0, 0.1) is 5.92 Å². The Morgan fingerprint density at radius 1 is 0.955 bits per heavy atom. The van der Waals surface area contributed by atoms with Gasteiger partial charge >= 0.3 is 0 Å². The van der Waals surface area contributed by atoms with Gasteiger partial charge in [0.25, 0.3) is 0 Å². The Balaban J connectivity index is 0.00000116. The SMILES string of the molecule is C=c1cccc(-c2ccccc2)/c1=C/C/C=C\C(C)C.CC. The van der Waals surface area contributed by atoms with Crippen molar-refractivity contribution in [2.75, 3.05) is 0 Å². The van der Waals surface area contributed by atoms with E-state index in [4.69, 9.17) is 0 Å². The standard InChI is InChI=1S/C20H22.C2H6/c1-16(2)10-7-8-14-19-17(3)11-9-15-20(19)18-12-5-4-6-13-18;1-2/h4-7,9-16H,3,8H2,1-2H3;1-2H3/b10-7-,19-14+;. The molecule has 0 bridgehead atoms. The van der Waals surface area contributed by atoms with Gasteiger partial charge in [-0.25, -0.2) is 0 Å². The van der Waals surface area contributed by atoms with E-state index in [0.29, 0.717) is 5.92 Å². The van der Waals surface area contributed by atoms with Crippen molar-refractivity contribution in [1.82, 2.24) is 0 Å². The zero-order valence-corrected chi connectivity index (χ0v) is 14.3. The molecular weight excluding hydrogens is 264 g/mol.